The highest BCUT2D eigenvalue weighted by molar-refractivity contribution is 5.69. The van der Waals surface area contributed by atoms with Gasteiger partial charge in [0.05, 0.1) is 6.61 Å². The highest BCUT2D eigenvalue weighted by atomic mass is 16.5. The monoisotopic (exact) mass is 507 g/mol. The number of esters is 1. The van der Waals surface area contributed by atoms with Crippen molar-refractivity contribution in [2.75, 3.05) is 6.61 Å². The Bertz CT molecular complexity index is 454. The van der Waals surface area contributed by atoms with Crippen molar-refractivity contribution < 1.29 is 9.53 Å². The summed E-state index contributed by atoms with van der Waals surface area (Å²) in [6.45, 7) is 7.55. The molecule has 0 heterocycles. The van der Waals surface area contributed by atoms with E-state index >= 15 is 0 Å². The Hall–Kier alpha value is -0.790. The molecule has 0 bridgehead atoms. The average Bonchev–Trinajstić information content (AvgIpc) is 2.86. The van der Waals surface area contributed by atoms with E-state index in [1.54, 1.807) is 0 Å². The second-order valence-electron chi connectivity index (χ2n) is 11.6. The molecule has 0 aromatic carbocycles. The molecule has 0 saturated heterocycles. The minimum Gasteiger partial charge on any atom is -0.466 e. The van der Waals surface area contributed by atoms with Crippen molar-refractivity contribution in [1.29, 1.82) is 0 Å². The van der Waals surface area contributed by atoms with Gasteiger partial charge in [-0.05, 0) is 44.4 Å². The molecule has 0 aromatic rings. The lowest BCUT2D eigenvalue weighted by atomic mass is 10.0. The van der Waals surface area contributed by atoms with Crippen molar-refractivity contribution in [1.82, 2.24) is 0 Å². The molecule has 0 aliphatic heterocycles. The molecule has 2 heteroatoms. The number of unbranched alkanes of at least 4 members (excludes halogenated alkanes) is 21. The lowest BCUT2D eigenvalue weighted by molar-refractivity contribution is -0.143. The highest BCUT2D eigenvalue weighted by Crippen LogP contribution is 2.14. The maximum absolute atomic E-state index is 11.9. The molecule has 0 fully saturated rings. The molecule has 214 valence electrons. The Morgan fingerprint density at radius 2 is 0.972 bits per heavy atom. The van der Waals surface area contributed by atoms with Crippen LogP contribution in [0, 0.1) is 5.92 Å². The molecule has 0 rings (SSSR count). The van der Waals surface area contributed by atoms with Crippen molar-refractivity contribution in [3.63, 3.8) is 0 Å². The van der Waals surface area contributed by atoms with Crippen molar-refractivity contribution in [3.05, 3.63) is 12.2 Å². The first-order valence-electron chi connectivity index (χ1n) is 16.5. The van der Waals surface area contributed by atoms with Crippen LogP contribution in [0.5, 0.6) is 0 Å². The molecule has 0 N–H and O–H groups in total. The molecule has 0 aliphatic rings. The van der Waals surface area contributed by atoms with Gasteiger partial charge < -0.3 is 4.74 Å². The molecule has 0 amide bonds. The molecule has 0 aromatic heterocycles. The first-order chi connectivity index (χ1) is 17.7. The third kappa shape index (κ3) is 31.2. The van der Waals surface area contributed by atoms with Crippen molar-refractivity contribution >= 4 is 5.97 Å². The van der Waals surface area contributed by atoms with Crippen LogP contribution in [-0.2, 0) is 9.53 Å². The summed E-state index contributed by atoms with van der Waals surface area (Å²) in [4.78, 5) is 11.9. The van der Waals surface area contributed by atoms with Crippen LogP contribution in [0.3, 0.4) is 0 Å². The van der Waals surface area contributed by atoms with Crippen LogP contribution in [-0.4, -0.2) is 12.6 Å². The minimum atomic E-state index is 0.0148. The Morgan fingerprint density at radius 1 is 0.556 bits per heavy atom. The predicted molar refractivity (Wildman–Crippen MR) is 161 cm³/mol. The zero-order chi connectivity index (χ0) is 26.4. The summed E-state index contributed by atoms with van der Waals surface area (Å²) in [6.07, 6.45) is 38.3. The van der Waals surface area contributed by atoms with E-state index in [1.807, 2.05) is 0 Å². The molecule has 36 heavy (non-hydrogen) atoms. The number of allylic oxidation sites excluding steroid dienone is 2. The van der Waals surface area contributed by atoms with Gasteiger partial charge in [-0.15, -0.1) is 0 Å². The van der Waals surface area contributed by atoms with E-state index in [1.165, 1.54) is 141 Å². The standard InChI is InChI=1S/C34H66O2/c1-4-5-6-7-8-9-10-11-12-13-16-19-22-25-28-31-34(35)36-32-29-26-23-20-17-14-15-18-21-24-27-30-33(2)3/h11-12,33H,4-10,13-32H2,1-3H3. The van der Waals surface area contributed by atoms with Crippen molar-refractivity contribution in [3.8, 4) is 0 Å². The minimum absolute atomic E-state index is 0.0148. The van der Waals surface area contributed by atoms with Gasteiger partial charge in [0.15, 0.2) is 0 Å². The summed E-state index contributed by atoms with van der Waals surface area (Å²) in [7, 11) is 0. The van der Waals surface area contributed by atoms with E-state index in [0.717, 1.165) is 25.2 Å². The van der Waals surface area contributed by atoms with Gasteiger partial charge in [-0.2, -0.15) is 0 Å². The molecule has 0 unspecified atom stereocenters. The summed E-state index contributed by atoms with van der Waals surface area (Å²) in [5.74, 6) is 0.881. The molecule has 0 radical (unpaired) electrons. The first kappa shape index (κ1) is 35.2. The predicted octanol–water partition coefficient (Wildman–Crippen LogP) is 11.9. The lowest BCUT2D eigenvalue weighted by Crippen LogP contribution is -2.05. The van der Waals surface area contributed by atoms with Gasteiger partial charge in [0.25, 0.3) is 0 Å². The van der Waals surface area contributed by atoms with Crippen LogP contribution < -0.4 is 0 Å². The van der Waals surface area contributed by atoms with Crippen LogP contribution >= 0.6 is 0 Å². The lowest BCUT2D eigenvalue weighted by Gasteiger charge is -2.06. The Morgan fingerprint density at radius 3 is 1.47 bits per heavy atom. The molecule has 0 saturated carbocycles. The average molecular weight is 507 g/mol. The molecule has 2 nitrogen and oxygen atoms in total. The highest BCUT2D eigenvalue weighted by Gasteiger charge is 2.02. The van der Waals surface area contributed by atoms with E-state index in [-0.39, 0.29) is 5.97 Å². The number of hydrogen-bond acceptors (Lipinski definition) is 2. The fourth-order valence-electron chi connectivity index (χ4n) is 4.84. The van der Waals surface area contributed by atoms with Crippen LogP contribution in [0.15, 0.2) is 12.2 Å². The van der Waals surface area contributed by atoms with Crippen LogP contribution in [0.1, 0.15) is 188 Å². The van der Waals surface area contributed by atoms with E-state index in [2.05, 4.69) is 32.9 Å². The fourth-order valence-corrected chi connectivity index (χ4v) is 4.84. The van der Waals surface area contributed by atoms with Crippen molar-refractivity contribution in [2.24, 2.45) is 5.92 Å². The molecule has 0 atom stereocenters. The summed E-state index contributed by atoms with van der Waals surface area (Å²) in [5.41, 5.74) is 0. The number of carbonyl (C=O) groups is 1. The smallest absolute Gasteiger partial charge is 0.305 e. The van der Waals surface area contributed by atoms with Crippen molar-refractivity contribution in [2.45, 2.75) is 188 Å². The summed E-state index contributed by atoms with van der Waals surface area (Å²) in [5, 5.41) is 0. The van der Waals surface area contributed by atoms with Crippen LogP contribution in [0.4, 0.5) is 0 Å². The van der Waals surface area contributed by atoms with Crippen LogP contribution in [0.25, 0.3) is 0 Å². The van der Waals surface area contributed by atoms with E-state index in [0.29, 0.717) is 13.0 Å². The normalized spacial score (nSPS) is 11.7. The van der Waals surface area contributed by atoms with Gasteiger partial charge in [-0.3, -0.25) is 4.79 Å². The van der Waals surface area contributed by atoms with Gasteiger partial charge in [0.2, 0.25) is 0 Å². The Kier molecular flexibility index (Phi) is 29.8. The van der Waals surface area contributed by atoms with Gasteiger partial charge >= 0.3 is 5.97 Å². The Balaban J connectivity index is 3.20. The number of carbonyl (C=O) groups excluding carboxylic acids is 1. The van der Waals surface area contributed by atoms with E-state index in [9.17, 15) is 4.79 Å². The van der Waals surface area contributed by atoms with Gasteiger partial charge in [0.1, 0.15) is 0 Å². The molecular formula is C34H66O2. The molecular weight excluding hydrogens is 440 g/mol. The maximum atomic E-state index is 11.9. The number of hydrogen-bond donors (Lipinski definition) is 0. The van der Waals surface area contributed by atoms with Gasteiger partial charge in [-0.1, -0.05) is 155 Å². The molecule has 0 spiro atoms. The number of rotatable bonds is 29. The van der Waals surface area contributed by atoms with Gasteiger partial charge in [-0.25, -0.2) is 0 Å². The first-order valence-corrected chi connectivity index (χ1v) is 16.5. The zero-order valence-electron chi connectivity index (χ0n) is 25.1. The summed E-state index contributed by atoms with van der Waals surface area (Å²) < 4.78 is 5.42. The van der Waals surface area contributed by atoms with E-state index < -0.39 is 0 Å². The van der Waals surface area contributed by atoms with Gasteiger partial charge in [0, 0.05) is 6.42 Å². The third-order valence-corrected chi connectivity index (χ3v) is 7.33. The largest absolute Gasteiger partial charge is 0.466 e. The fraction of sp³-hybridized carbons (Fsp3) is 0.912. The summed E-state index contributed by atoms with van der Waals surface area (Å²) in [6, 6.07) is 0. The second-order valence-corrected chi connectivity index (χ2v) is 11.6. The second kappa shape index (κ2) is 30.4. The third-order valence-electron chi connectivity index (χ3n) is 7.33. The van der Waals surface area contributed by atoms with E-state index in [4.69, 9.17) is 4.74 Å². The SMILES string of the molecule is CCCCCCCCC=CCCCCCCCC(=O)OCCCCCCCCCCCCCC(C)C. The van der Waals surface area contributed by atoms with Crippen LogP contribution in [0.2, 0.25) is 0 Å². The quantitative estimate of drug-likeness (QED) is 0.0572. The maximum Gasteiger partial charge on any atom is 0.305 e. The zero-order valence-corrected chi connectivity index (χ0v) is 25.1. The topological polar surface area (TPSA) is 26.3 Å². The number of ether oxygens (including phenoxy) is 1. The Labute approximate surface area is 227 Å². The molecule has 0 aliphatic carbocycles. The summed E-state index contributed by atoms with van der Waals surface area (Å²) >= 11 is 0.